The summed E-state index contributed by atoms with van der Waals surface area (Å²) in [5, 5.41) is 0. The van der Waals surface area contributed by atoms with E-state index in [1.807, 2.05) is 0 Å². The van der Waals surface area contributed by atoms with Gasteiger partial charge in [0.25, 0.3) is 0 Å². The van der Waals surface area contributed by atoms with Crippen LogP contribution in [0.4, 0.5) is 0 Å². The van der Waals surface area contributed by atoms with E-state index in [1.165, 1.54) is 6.42 Å². The summed E-state index contributed by atoms with van der Waals surface area (Å²) in [6.07, 6.45) is 5.27. The Morgan fingerprint density at radius 1 is 1.50 bits per heavy atom. The first-order valence-corrected chi connectivity index (χ1v) is 9.55. The second-order valence-electron chi connectivity index (χ2n) is 5.24. The molecule has 0 aromatic carbocycles. The second kappa shape index (κ2) is 6.51. The van der Waals surface area contributed by atoms with E-state index in [0.29, 0.717) is 15.0 Å². The van der Waals surface area contributed by atoms with Crippen molar-refractivity contribution in [3.8, 4) is 0 Å². The summed E-state index contributed by atoms with van der Waals surface area (Å²) >= 11 is 5.99. The predicted octanol–water partition coefficient (Wildman–Crippen LogP) is 2.63. The maximum absolute atomic E-state index is 12.3. The van der Waals surface area contributed by atoms with E-state index >= 15 is 0 Å². The number of sulfonamides is 1. The molecule has 0 saturated heterocycles. The maximum atomic E-state index is 12.3. The van der Waals surface area contributed by atoms with Gasteiger partial charge in [-0.3, -0.25) is 0 Å². The van der Waals surface area contributed by atoms with Gasteiger partial charge < -0.3 is 5.73 Å². The summed E-state index contributed by atoms with van der Waals surface area (Å²) in [6, 6.07) is 3.29. The van der Waals surface area contributed by atoms with E-state index < -0.39 is 10.0 Å². The predicted molar refractivity (Wildman–Crippen MR) is 86.6 cm³/mol. The van der Waals surface area contributed by atoms with Crippen LogP contribution in [0, 0.1) is 5.92 Å². The van der Waals surface area contributed by atoms with Gasteiger partial charge in [-0.2, -0.15) is 0 Å². The van der Waals surface area contributed by atoms with E-state index in [4.69, 9.17) is 18.0 Å². The molecular weight excluding hydrogens is 312 g/mol. The van der Waals surface area contributed by atoms with Crippen LogP contribution < -0.4 is 10.5 Å². The lowest BCUT2D eigenvalue weighted by molar-refractivity contribution is 0.301. The monoisotopic (exact) mass is 332 g/mol. The molecule has 0 spiro atoms. The van der Waals surface area contributed by atoms with E-state index in [0.717, 1.165) is 37.0 Å². The summed E-state index contributed by atoms with van der Waals surface area (Å²) in [5.41, 5.74) is 5.52. The number of thiocarbonyl (C=S) groups is 1. The molecule has 1 aliphatic rings. The fourth-order valence-corrected chi connectivity index (χ4v) is 5.29. The minimum absolute atomic E-state index is 0.0501. The van der Waals surface area contributed by atoms with Crippen molar-refractivity contribution in [2.45, 2.75) is 49.3 Å². The van der Waals surface area contributed by atoms with E-state index in [2.05, 4.69) is 11.6 Å². The van der Waals surface area contributed by atoms with E-state index in [1.54, 1.807) is 12.1 Å². The maximum Gasteiger partial charge on any atom is 0.250 e. The molecule has 4 nitrogen and oxygen atoms in total. The second-order valence-corrected chi connectivity index (χ2v) is 8.71. The first-order valence-electron chi connectivity index (χ1n) is 6.84. The third-order valence-electron chi connectivity index (χ3n) is 3.77. The van der Waals surface area contributed by atoms with Crippen molar-refractivity contribution in [2.75, 3.05) is 0 Å². The molecule has 20 heavy (non-hydrogen) atoms. The molecule has 0 radical (unpaired) electrons. The lowest BCUT2D eigenvalue weighted by Gasteiger charge is -2.28. The minimum Gasteiger partial charge on any atom is -0.389 e. The smallest absolute Gasteiger partial charge is 0.250 e. The van der Waals surface area contributed by atoms with Gasteiger partial charge in [-0.25, -0.2) is 13.1 Å². The van der Waals surface area contributed by atoms with Crippen LogP contribution in [-0.4, -0.2) is 19.4 Å². The van der Waals surface area contributed by atoms with Crippen LogP contribution in [0.5, 0.6) is 0 Å². The van der Waals surface area contributed by atoms with E-state index in [-0.39, 0.29) is 11.0 Å². The molecule has 3 N–H and O–H groups in total. The first kappa shape index (κ1) is 15.9. The topological polar surface area (TPSA) is 72.2 Å². The van der Waals surface area contributed by atoms with Crippen LogP contribution in [0.15, 0.2) is 16.3 Å². The van der Waals surface area contributed by atoms with Crippen molar-refractivity contribution in [3.05, 3.63) is 17.0 Å². The molecule has 112 valence electrons. The largest absolute Gasteiger partial charge is 0.389 e. The molecule has 2 atom stereocenters. The van der Waals surface area contributed by atoms with Crippen molar-refractivity contribution in [2.24, 2.45) is 11.7 Å². The van der Waals surface area contributed by atoms with Crippen LogP contribution in [0.25, 0.3) is 0 Å². The molecule has 1 heterocycles. The summed E-state index contributed by atoms with van der Waals surface area (Å²) in [7, 11) is -3.45. The van der Waals surface area contributed by atoms with Gasteiger partial charge in [0.15, 0.2) is 0 Å². The van der Waals surface area contributed by atoms with Gasteiger partial charge >= 0.3 is 0 Å². The van der Waals surface area contributed by atoms with Gasteiger partial charge in [-0.15, -0.1) is 11.3 Å². The van der Waals surface area contributed by atoms with Crippen LogP contribution in [-0.2, 0) is 10.0 Å². The van der Waals surface area contributed by atoms with Crippen LogP contribution in [0.3, 0.4) is 0 Å². The number of nitrogens with two attached hydrogens (primary N) is 1. The molecule has 2 unspecified atom stereocenters. The van der Waals surface area contributed by atoms with Gasteiger partial charge in [0.1, 0.15) is 9.20 Å². The lowest BCUT2D eigenvalue weighted by atomic mass is 9.85. The molecule has 7 heteroatoms. The molecular formula is C13H20N2O2S3. The number of nitrogens with one attached hydrogen (secondary N) is 1. The normalized spacial score (nSPS) is 23.6. The Morgan fingerprint density at radius 2 is 2.25 bits per heavy atom. The quantitative estimate of drug-likeness (QED) is 0.813. The SMILES string of the molecule is CCC1CCCC(NS(=O)(=O)c2ccc(C(N)=S)s2)C1. The molecule has 1 aromatic heterocycles. The van der Waals surface area contributed by atoms with Gasteiger partial charge in [0.05, 0.1) is 4.88 Å². The highest BCUT2D eigenvalue weighted by Crippen LogP contribution is 2.28. The van der Waals surface area contributed by atoms with Crippen LogP contribution in [0.1, 0.15) is 43.9 Å². The molecule has 0 aliphatic heterocycles. The van der Waals surface area contributed by atoms with Crippen LogP contribution >= 0.6 is 23.6 Å². The van der Waals surface area contributed by atoms with Crippen molar-refractivity contribution >= 4 is 38.6 Å². The highest BCUT2D eigenvalue weighted by atomic mass is 32.2. The Hall–Kier alpha value is -0.500. The molecule has 2 rings (SSSR count). The first-order chi connectivity index (χ1) is 9.42. The molecule has 1 saturated carbocycles. The zero-order chi connectivity index (χ0) is 14.8. The zero-order valence-corrected chi connectivity index (χ0v) is 13.9. The molecule has 1 aromatic rings. The summed E-state index contributed by atoms with van der Waals surface area (Å²) < 4.78 is 27.8. The Morgan fingerprint density at radius 3 is 2.85 bits per heavy atom. The molecule has 0 amide bonds. The Labute approximate surface area is 129 Å². The van der Waals surface area contributed by atoms with Gasteiger partial charge in [0.2, 0.25) is 10.0 Å². The van der Waals surface area contributed by atoms with Crippen molar-refractivity contribution in [1.82, 2.24) is 4.72 Å². The number of rotatable bonds is 5. The average Bonchev–Trinajstić information content (AvgIpc) is 2.89. The van der Waals surface area contributed by atoms with E-state index in [9.17, 15) is 8.42 Å². The standard InChI is InChI=1S/C13H20N2O2S3/c1-2-9-4-3-5-10(8-9)15-20(16,17)12-7-6-11(19-12)13(14)18/h6-7,9-10,15H,2-5,8H2,1H3,(H2,14,18). The number of thiophene rings is 1. The summed E-state index contributed by atoms with van der Waals surface area (Å²) in [5.74, 6) is 0.631. The van der Waals surface area contributed by atoms with Gasteiger partial charge in [-0.1, -0.05) is 38.4 Å². The molecule has 0 bridgehead atoms. The third-order valence-corrected chi connectivity index (χ3v) is 7.25. The number of hydrogen-bond acceptors (Lipinski definition) is 4. The Balaban J connectivity index is 2.08. The van der Waals surface area contributed by atoms with Gasteiger partial charge in [-0.05, 0) is 30.9 Å². The number of hydrogen-bond donors (Lipinski definition) is 2. The molecule has 1 fully saturated rings. The highest BCUT2D eigenvalue weighted by molar-refractivity contribution is 7.91. The van der Waals surface area contributed by atoms with Crippen molar-refractivity contribution in [3.63, 3.8) is 0 Å². The highest BCUT2D eigenvalue weighted by Gasteiger charge is 2.26. The fraction of sp³-hybridized carbons (Fsp3) is 0.615. The average molecular weight is 333 g/mol. The zero-order valence-electron chi connectivity index (χ0n) is 11.5. The summed E-state index contributed by atoms with van der Waals surface area (Å²) in [4.78, 5) is 0.871. The third kappa shape index (κ3) is 3.78. The Kier molecular flexibility index (Phi) is 5.17. The lowest BCUT2D eigenvalue weighted by Crippen LogP contribution is -2.38. The minimum atomic E-state index is -3.45. The van der Waals surface area contributed by atoms with Crippen molar-refractivity contribution < 1.29 is 8.42 Å². The Bertz CT molecular complexity index is 580. The van der Waals surface area contributed by atoms with Gasteiger partial charge in [0, 0.05) is 6.04 Å². The molecule has 1 aliphatic carbocycles. The summed E-state index contributed by atoms with van der Waals surface area (Å²) in [6.45, 7) is 2.16. The van der Waals surface area contributed by atoms with Crippen LogP contribution in [0.2, 0.25) is 0 Å². The van der Waals surface area contributed by atoms with Crippen molar-refractivity contribution in [1.29, 1.82) is 0 Å². The fourth-order valence-electron chi connectivity index (χ4n) is 2.64.